The van der Waals surface area contributed by atoms with Gasteiger partial charge in [-0.3, -0.25) is 14.3 Å². The van der Waals surface area contributed by atoms with Crippen molar-refractivity contribution in [1.82, 2.24) is 19.6 Å². The van der Waals surface area contributed by atoms with Gasteiger partial charge in [-0.1, -0.05) is 42.5 Å². The fourth-order valence-electron chi connectivity index (χ4n) is 4.59. The molecule has 0 aliphatic carbocycles. The summed E-state index contributed by atoms with van der Waals surface area (Å²) in [7, 11) is 0. The van der Waals surface area contributed by atoms with E-state index in [0.717, 1.165) is 49.2 Å². The summed E-state index contributed by atoms with van der Waals surface area (Å²) in [6.07, 6.45) is 5.18. The Balaban J connectivity index is 1.45. The monoisotopic (exact) mass is 444 g/mol. The van der Waals surface area contributed by atoms with Crippen LogP contribution in [0.3, 0.4) is 0 Å². The molecule has 6 heteroatoms. The first-order valence-corrected chi connectivity index (χ1v) is 11.8. The molecule has 1 aromatic heterocycles. The lowest BCUT2D eigenvalue weighted by Gasteiger charge is -2.34. The van der Waals surface area contributed by atoms with Crippen molar-refractivity contribution in [2.24, 2.45) is 5.92 Å². The number of nitrogens with zero attached hydrogens (tertiary/aromatic N) is 4. The average Bonchev–Trinajstić information content (AvgIpc) is 3.38. The molecule has 0 radical (unpaired) electrons. The highest BCUT2D eigenvalue weighted by Gasteiger charge is 2.30. The van der Waals surface area contributed by atoms with Crippen molar-refractivity contribution in [2.75, 3.05) is 26.2 Å². The standard InChI is InChI=1S/C27H32N4O2/c1-3-29(4-2)26(32)23-14-18-30(19-15-23)27(33)25-9-6-5-8-24(25)22-12-10-21(11-13-22)20-31-17-7-16-28-31/h5-13,16-17,23H,3-4,14-15,18-20H2,1-2H3. The van der Waals surface area contributed by atoms with Gasteiger partial charge in [0.2, 0.25) is 5.91 Å². The van der Waals surface area contributed by atoms with Crippen molar-refractivity contribution >= 4 is 11.8 Å². The van der Waals surface area contributed by atoms with Gasteiger partial charge >= 0.3 is 0 Å². The van der Waals surface area contributed by atoms with Crippen molar-refractivity contribution in [1.29, 1.82) is 0 Å². The lowest BCUT2D eigenvalue weighted by atomic mass is 9.93. The lowest BCUT2D eigenvalue weighted by Crippen LogP contribution is -2.44. The number of carbonyl (C=O) groups is 2. The van der Waals surface area contributed by atoms with Gasteiger partial charge < -0.3 is 9.80 Å². The second-order valence-corrected chi connectivity index (χ2v) is 8.52. The Morgan fingerprint density at radius 3 is 2.30 bits per heavy atom. The first-order chi connectivity index (χ1) is 16.1. The molecule has 1 fully saturated rings. The number of likely N-dealkylation sites (tertiary alicyclic amines) is 1. The molecule has 33 heavy (non-hydrogen) atoms. The summed E-state index contributed by atoms with van der Waals surface area (Å²) in [5.41, 5.74) is 3.83. The van der Waals surface area contributed by atoms with Crippen LogP contribution >= 0.6 is 0 Å². The third-order valence-corrected chi connectivity index (χ3v) is 6.53. The van der Waals surface area contributed by atoms with E-state index in [1.807, 2.05) is 64.9 Å². The molecule has 3 aromatic rings. The number of hydrogen-bond donors (Lipinski definition) is 0. The zero-order valence-corrected chi connectivity index (χ0v) is 19.5. The smallest absolute Gasteiger partial charge is 0.254 e. The zero-order chi connectivity index (χ0) is 23.2. The van der Waals surface area contributed by atoms with Gasteiger partial charge in [-0.15, -0.1) is 0 Å². The summed E-state index contributed by atoms with van der Waals surface area (Å²) in [5.74, 6) is 0.286. The van der Waals surface area contributed by atoms with E-state index in [0.29, 0.717) is 18.7 Å². The van der Waals surface area contributed by atoms with E-state index in [1.165, 1.54) is 0 Å². The summed E-state index contributed by atoms with van der Waals surface area (Å²) in [6.45, 7) is 7.46. The van der Waals surface area contributed by atoms with Gasteiger partial charge in [-0.05, 0) is 55.5 Å². The van der Waals surface area contributed by atoms with Gasteiger partial charge in [0.1, 0.15) is 0 Å². The number of benzene rings is 2. The average molecular weight is 445 g/mol. The summed E-state index contributed by atoms with van der Waals surface area (Å²) < 4.78 is 1.89. The minimum Gasteiger partial charge on any atom is -0.343 e. The Morgan fingerprint density at radius 2 is 1.67 bits per heavy atom. The molecule has 2 amide bonds. The normalized spacial score (nSPS) is 14.3. The van der Waals surface area contributed by atoms with Gasteiger partial charge in [-0.2, -0.15) is 5.10 Å². The highest BCUT2D eigenvalue weighted by molar-refractivity contribution is 6.01. The minimum absolute atomic E-state index is 0.0199. The van der Waals surface area contributed by atoms with Gasteiger partial charge in [0.05, 0.1) is 6.54 Å². The fraction of sp³-hybridized carbons (Fsp3) is 0.370. The van der Waals surface area contributed by atoms with Crippen LogP contribution in [0.4, 0.5) is 0 Å². The second kappa shape index (κ2) is 10.5. The Morgan fingerprint density at radius 1 is 0.970 bits per heavy atom. The van der Waals surface area contributed by atoms with Crippen LogP contribution in [0, 0.1) is 5.92 Å². The van der Waals surface area contributed by atoms with E-state index in [4.69, 9.17) is 0 Å². The molecule has 1 saturated heterocycles. The summed E-state index contributed by atoms with van der Waals surface area (Å²) in [6, 6.07) is 18.0. The van der Waals surface area contributed by atoms with Crippen molar-refractivity contribution in [2.45, 2.75) is 33.2 Å². The van der Waals surface area contributed by atoms with E-state index < -0.39 is 0 Å². The molecule has 2 aromatic carbocycles. The minimum atomic E-state index is 0.0199. The highest BCUT2D eigenvalue weighted by Crippen LogP contribution is 2.27. The van der Waals surface area contributed by atoms with E-state index in [1.54, 1.807) is 6.20 Å². The highest BCUT2D eigenvalue weighted by atomic mass is 16.2. The van der Waals surface area contributed by atoms with Crippen molar-refractivity contribution < 1.29 is 9.59 Å². The largest absolute Gasteiger partial charge is 0.343 e. The predicted octanol–water partition coefficient (Wildman–Crippen LogP) is 4.32. The molecule has 0 bridgehead atoms. The third-order valence-electron chi connectivity index (χ3n) is 6.53. The van der Waals surface area contributed by atoms with Crippen LogP contribution in [-0.2, 0) is 11.3 Å². The number of aromatic nitrogens is 2. The number of rotatable bonds is 7. The van der Waals surface area contributed by atoms with Crippen LogP contribution in [0.5, 0.6) is 0 Å². The maximum atomic E-state index is 13.4. The molecule has 1 aliphatic heterocycles. The van der Waals surface area contributed by atoms with Crippen molar-refractivity contribution in [3.8, 4) is 11.1 Å². The number of amides is 2. The zero-order valence-electron chi connectivity index (χ0n) is 19.5. The quantitative estimate of drug-likeness (QED) is 0.545. The van der Waals surface area contributed by atoms with Crippen LogP contribution in [-0.4, -0.2) is 57.6 Å². The Hall–Kier alpha value is -3.41. The molecule has 2 heterocycles. The fourth-order valence-corrected chi connectivity index (χ4v) is 4.59. The Labute approximate surface area is 195 Å². The van der Waals surface area contributed by atoms with E-state index in [2.05, 4.69) is 29.4 Å². The molecular weight excluding hydrogens is 412 g/mol. The summed E-state index contributed by atoms with van der Waals surface area (Å²) in [5, 5.41) is 4.26. The van der Waals surface area contributed by atoms with Crippen LogP contribution in [0.15, 0.2) is 67.0 Å². The van der Waals surface area contributed by atoms with E-state index >= 15 is 0 Å². The second-order valence-electron chi connectivity index (χ2n) is 8.52. The molecule has 4 rings (SSSR count). The van der Waals surface area contributed by atoms with E-state index in [9.17, 15) is 9.59 Å². The Kier molecular flexibility index (Phi) is 7.23. The Bertz CT molecular complexity index is 1060. The molecule has 1 aliphatic rings. The lowest BCUT2D eigenvalue weighted by molar-refractivity contribution is -0.136. The number of hydrogen-bond acceptors (Lipinski definition) is 3. The van der Waals surface area contributed by atoms with Gasteiger partial charge in [0.15, 0.2) is 0 Å². The maximum Gasteiger partial charge on any atom is 0.254 e. The number of carbonyl (C=O) groups excluding carboxylic acids is 2. The SMILES string of the molecule is CCN(CC)C(=O)C1CCN(C(=O)c2ccccc2-c2ccc(Cn3cccn3)cc2)CC1. The molecule has 0 unspecified atom stereocenters. The molecule has 0 N–H and O–H groups in total. The molecular formula is C27H32N4O2. The molecule has 0 saturated carbocycles. The van der Waals surface area contributed by atoms with Crippen LogP contribution in [0.25, 0.3) is 11.1 Å². The first kappa shape index (κ1) is 22.8. The predicted molar refractivity (Wildman–Crippen MR) is 130 cm³/mol. The van der Waals surface area contributed by atoms with Gasteiger partial charge in [-0.25, -0.2) is 0 Å². The molecule has 0 spiro atoms. The maximum absolute atomic E-state index is 13.4. The molecule has 6 nitrogen and oxygen atoms in total. The number of piperidine rings is 1. The summed E-state index contributed by atoms with van der Waals surface area (Å²) in [4.78, 5) is 29.9. The van der Waals surface area contributed by atoms with Gasteiger partial charge in [0.25, 0.3) is 5.91 Å². The van der Waals surface area contributed by atoms with Crippen molar-refractivity contribution in [3.63, 3.8) is 0 Å². The molecule has 172 valence electrons. The van der Waals surface area contributed by atoms with Crippen LogP contribution in [0.1, 0.15) is 42.6 Å². The van der Waals surface area contributed by atoms with Crippen LogP contribution in [0.2, 0.25) is 0 Å². The third kappa shape index (κ3) is 5.16. The summed E-state index contributed by atoms with van der Waals surface area (Å²) >= 11 is 0. The van der Waals surface area contributed by atoms with Gasteiger partial charge in [0, 0.05) is 50.1 Å². The topological polar surface area (TPSA) is 58.4 Å². The van der Waals surface area contributed by atoms with Crippen molar-refractivity contribution in [3.05, 3.63) is 78.1 Å². The molecule has 0 atom stereocenters. The van der Waals surface area contributed by atoms with E-state index in [-0.39, 0.29) is 17.7 Å². The van der Waals surface area contributed by atoms with Crippen LogP contribution < -0.4 is 0 Å². The first-order valence-electron chi connectivity index (χ1n) is 11.8.